The average molecular weight is 278 g/mol. The highest BCUT2D eigenvalue weighted by Gasteiger charge is 2.11. The van der Waals surface area contributed by atoms with E-state index in [1.165, 1.54) is 25.9 Å². The summed E-state index contributed by atoms with van der Waals surface area (Å²) in [4.78, 5) is 6.51. The van der Waals surface area contributed by atoms with E-state index in [0.29, 0.717) is 0 Å². The van der Waals surface area contributed by atoms with Crippen LogP contribution < -0.4 is 4.42 Å². The molecule has 1 aromatic heterocycles. The summed E-state index contributed by atoms with van der Waals surface area (Å²) in [5, 5.41) is 0. The smallest absolute Gasteiger partial charge is 0.0713 e. The molecule has 0 unspecified atom stereocenters. The third-order valence-electron chi connectivity index (χ3n) is 3.21. The van der Waals surface area contributed by atoms with Crippen molar-refractivity contribution in [1.82, 2.24) is 9.88 Å². The SMILES string of the molecule is CC(C)N(Cl)c1ccncc1C#CCN1CCCC1. The van der Waals surface area contributed by atoms with Crippen molar-refractivity contribution in [2.75, 3.05) is 24.1 Å². The van der Waals surface area contributed by atoms with Gasteiger partial charge in [-0.2, -0.15) is 0 Å². The molecule has 1 saturated heterocycles. The topological polar surface area (TPSA) is 19.4 Å². The molecule has 102 valence electrons. The van der Waals surface area contributed by atoms with Crippen LogP contribution in [0.1, 0.15) is 32.3 Å². The van der Waals surface area contributed by atoms with Gasteiger partial charge in [-0.1, -0.05) is 11.8 Å². The highest BCUT2D eigenvalue weighted by atomic mass is 35.5. The largest absolute Gasteiger partial charge is 0.292 e. The Morgan fingerprint density at radius 2 is 2.16 bits per heavy atom. The molecule has 3 nitrogen and oxygen atoms in total. The van der Waals surface area contributed by atoms with Gasteiger partial charge in [-0.15, -0.1) is 0 Å². The van der Waals surface area contributed by atoms with Crippen molar-refractivity contribution in [3.05, 3.63) is 24.0 Å². The lowest BCUT2D eigenvalue weighted by Crippen LogP contribution is -2.21. The van der Waals surface area contributed by atoms with Gasteiger partial charge in [0, 0.05) is 30.2 Å². The average Bonchev–Trinajstić information content (AvgIpc) is 2.91. The molecule has 0 aliphatic carbocycles. The molecule has 1 fully saturated rings. The second kappa shape index (κ2) is 6.79. The van der Waals surface area contributed by atoms with E-state index in [2.05, 4.69) is 35.6 Å². The standard InChI is InChI=1S/C15H20ClN3/c1-13(2)19(16)15-7-8-17-12-14(15)6-5-11-18-9-3-4-10-18/h7-8,12-13H,3-4,9-11H2,1-2H3. The molecular formula is C15H20ClN3. The van der Waals surface area contributed by atoms with Gasteiger partial charge in [0.05, 0.1) is 17.8 Å². The van der Waals surface area contributed by atoms with Gasteiger partial charge < -0.3 is 0 Å². The van der Waals surface area contributed by atoms with Crippen LogP contribution in [0.25, 0.3) is 0 Å². The van der Waals surface area contributed by atoms with E-state index in [1.54, 1.807) is 16.8 Å². The fourth-order valence-corrected chi connectivity index (χ4v) is 2.28. The molecule has 2 rings (SSSR count). The first-order valence-corrected chi connectivity index (χ1v) is 7.12. The predicted octanol–water partition coefficient (Wildman–Crippen LogP) is 2.90. The number of hydrogen-bond donors (Lipinski definition) is 0. The number of likely N-dealkylation sites (tertiary alicyclic amines) is 1. The maximum absolute atomic E-state index is 6.28. The fourth-order valence-electron chi connectivity index (χ4n) is 2.14. The van der Waals surface area contributed by atoms with Crippen LogP contribution in [0, 0.1) is 11.8 Å². The van der Waals surface area contributed by atoms with Gasteiger partial charge in [0.15, 0.2) is 0 Å². The Morgan fingerprint density at radius 3 is 2.84 bits per heavy atom. The van der Waals surface area contributed by atoms with Gasteiger partial charge in [-0.05, 0) is 45.8 Å². The summed E-state index contributed by atoms with van der Waals surface area (Å²) < 4.78 is 1.71. The summed E-state index contributed by atoms with van der Waals surface area (Å²) >= 11 is 6.28. The summed E-state index contributed by atoms with van der Waals surface area (Å²) in [5.41, 5.74) is 1.82. The number of halogens is 1. The number of anilines is 1. The molecule has 0 saturated carbocycles. The van der Waals surface area contributed by atoms with Gasteiger partial charge in [-0.25, -0.2) is 0 Å². The lowest BCUT2D eigenvalue weighted by atomic mass is 10.2. The van der Waals surface area contributed by atoms with Crippen LogP contribution in [-0.2, 0) is 0 Å². The molecule has 2 heterocycles. The zero-order valence-corrected chi connectivity index (χ0v) is 12.3. The first-order valence-electron chi connectivity index (χ1n) is 6.78. The van der Waals surface area contributed by atoms with Crippen molar-refractivity contribution in [1.29, 1.82) is 0 Å². The summed E-state index contributed by atoms with van der Waals surface area (Å²) in [6.45, 7) is 7.27. The van der Waals surface area contributed by atoms with Gasteiger partial charge in [0.1, 0.15) is 0 Å². The molecule has 4 heteroatoms. The van der Waals surface area contributed by atoms with E-state index in [9.17, 15) is 0 Å². The number of rotatable bonds is 3. The van der Waals surface area contributed by atoms with Gasteiger partial charge in [0.2, 0.25) is 0 Å². The van der Waals surface area contributed by atoms with E-state index in [-0.39, 0.29) is 6.04 Å². The minimum absolute atomic E-state index is 0.225. The van der Waals surface area contributed by atoms with Crippen LogP contribution in [0.3, 0.4) is 0 Å². The van der Waals surface area contributed by atoms with Crippen LogP contribution in [0.5, 0.6) is 0 Å². The number of aromatic nitrogens is 1. The first-order chi connectivity index (χ1) is 9.18. The summed E-state index contributed by atoms with van der Waals surface area (Å²) in [6, 6.07) is 2.13. The van der Waals surface area contributed by atoms with E-state index in [0.717, 1.165) is 17.8 Å². The molecule has 0 aromatic carbocycles. The van der Waals surface area contributed by atoms with Crippen LogP contribution in [-0.4, -0.2) is 35.6 Å². The lowest BCUT2D eigenvalue weighted by Gasteiger charge is -2.21. The maximum atomic E-state index is 6.28. The molecule has 0 radical (unpaired) electrons. The molecule has 1 aromatic rings. The zero-order valence-electron chi connectivity index (χ0n) is 11.6. The minimum Gasteiger partial charge on any atom is -0.292 e. The van der Waals surface area contributed by atoms with Crippen molar-refractivity contribution in [2.45, 2.75) is 32.7 Å². The Balaban J connectivity index is 2.09. The van der Waals surface area contributed by atoms with Gasteiger partial charge in [-0.3, -0.25) is 14.3 Å². The summed E-state index contributed by atoms with van der Waals surface area (Å²) in [6.07, 6.45) is 6.12. The van der Waals surface area contributed by atoms with E-state index >= 15 is 0 Å². The third kappa shape index (κ3) is 3.86. The zero-order chi connectivity index (χ0) is 13.7. The van der Waals surface area contributed by atoms with Crippen LogP contribution in [0.4, 0.5) is 5.69 Å². The molecule has 19 heavy (non-hydrogen) atoms. The molecule has 0 bridgehead atoms. The molecule has 0 N–H and O–H groups in total. The Morgan fingerprint density at radius 1 is 1.42 bits per heavy atom. The number of hydrogen-bond acceptors (Lipinski definition) is 3. The first kappa shape index (κ1) is 14.2. The Bertz CT molecular complexity index is 470. The van der Waals surface area contributed by atoms with Gasteiger partial charge in [0.25, 0.3) is 0 Å². The lowest BCUT2D eigenvalue weighted by molar-refractivity contribution is 0.383. The van der Waals surface area contributed by atoms with Crippen molar-refractivity contribution in [3.8, 4) is 11.8 Å². The minimum atomic E-state index is 0.225. The van der Waals surface area contributed by atoms with Gasteiger partial charge >= 0.3 is 0 Å². The highest BCUT2D eigenvalue weighted by Crippen LogP contribution is 2.22. The second-order valence-electron chi connectivity index (χ2n) is 5.08. The third-order valence-corrected chi connectivity index (χ3v) is 3.78. The van der Waals surface area contributed by atoms with Crippen molar-refractivity contribution in [2.24, 2.45) is 0 Å². The summed E-state index contributed by atoms with van der Waals surface area (Å²) in [5.74, 6) is 6.42. The highest BCUT2D eigenvalue weighted by molar-refractivity contribution is 6.26. The number of pyridine rings is 1. The van der Waals surface area contributed by atoms with Crippen molar-refractivity contribution >= 4 is 17.5 Å². The van der Waals surface area contributed by atoms with Crippen LogP contribution in [0.15, 0.2) is 18.5 Å². The second-order valence-corrected chi connectivity index (χ2v) is 5.45. The Hall–Kier alpha value is -1.24. The van der Waals surface area contributed by atoms with Crippen LogP contribution in [0.2, 0.25) is 0 Å². The van der Waals surface area contributed by atoms with Crippen molar-refractivity contribution in [3.63, 3.8) is 0 Å². The normalized spacial score (nSPS) is 15.4. The monoisotopic (exact) mass is 277 g/mol. The summed E-state index contributed by atoms with van der Waals surface area (Å²) in [7, 11) is 0. The van der Waals surface area contributed by atoms with Crippen LogP contribution >= 0.6 is 11.8 Å². The van der Waals surface area contributed by atoms with Crippen molar-refractivity contribution < 1.29 is 0 Å². The fraction of sp³-hybridized carbons (Fsp3) is 0.533. The molecule has 0 spiro atoms. The number of nitrogens with zero attached hydrogens (tertiary/aromatic N) is 3. The molecular weight excluding hydrogens is 258 g/mol. The Kier molecular flexibility index (Phi) is 5.07. The molecule has 0 atom stereocenters. The molecule has 0 amide bonds. The Labute approximate surface area is 120 Å². The quantitative estimate of drug-likeness (QED) is 0.626. The van der Waals surface area contributed by atoms with E-state index in [4.69, 9.17) is 11.8 Å². The van der Waals surface area contributed by atoms with E-state index in [1.807, 2.05) is 6.07 Å². The predicted molar refractivity (Wildman–Crippen MR) is 80.3 cm³/mol. The van der Waals surface area contributed by atoms with E-state index < -0.39 is 0 Å². The maximum Gasteiger partial charge on any atom is 0.0713 e. The molecule has 1 aliphatic rings. The molecule has 1 aliphatic heterocycles.